The van der Waals surface area contributed by atoms with Gasteiger partial charge in [0.2, 0.25) is 0 Å². The second-order valence-electron chi connectivity index (χ2n) is 5.15. The molecule has 1 fully saturated rings. The number of hydrogen-bond donors (Lipinski definition) is 0. The molecule has 1 saturated carbocycles. The van der Waals surface area contributed by atoms with Crippen molar-refractivity contribution in [3.63, 3.8) is 0 Å². The van der Waals surface area contributed by atoms with Crippen LogP contribution in [0.25, 0.3) is 0 Å². The highest BCUT2D eigenvalue weighted by Crippen LogP contribution is 2.62. The van der Waals surface area contributed by atoms with E-state index in [1.807, 2.05) is 11.1 Å². The number of rotatable bonds is 0. The molecule has 2 atom stereocenters. The Morgan fingerprint density at radius 3 is 2.83 bits per heavy atom. The van der Waals surface area contributed by atoms with Crippen LogP contribution in [-0.4, -0.2) is 0 Å². The predicted octanol–water partition coefficient (Wildman–Crippen LogP) is 3.68. The van der Waals surface area contributed by atoms with Gasteiger partial charge in [-0.05, 0) is 56.3 Å². The van der Waals surface area contributed by atoms with Crippen LogP contribution in [0.3, 0.4) is 0 Å². The Morgan fingerprint density at radius 1 is 1.25 bits per heavy atom. The quantitative estimate of drug-likeness (QED) is 0.477. The highest BCUT2D eigenvalue weighted by molar-refractivity contribution is 5.34. The van der Waals surface area contributed by atoms with Crippen molar-refractivity contribution in [3.8, 4) is 0 Å². The predicted molar refractivity (Wildman–Crippen MR) is 50.9 cm³/mol. The minimum atomic E-state index is 0.704. The first-order chi connectivity index (χ1) is 5.81. The highest BCUT2D eigenvalue weighted by atomic mass is 14.5. The van der Waals surface area contributed by atoms with Gasteiger partial charge in [-0.15, -0.1) is 0 Å². The Hall–Kier alpha value is -0.260. The van der Waals surface area contributed by atoms with Gasteiger partial charge in [0.05, 0.1) is 0 Å². The van der Waals surface area contributed by atoms with E-state index in [1.54, 1.807) is 0 Å². The SMILES string of the molecule is C[C@]12CC[C@H]1CC1=C2CCCC1. The van der Waals surface area contributed by atoms with Gasteiger partial charge < -0.3 is 0 Å². The molecule has 0 amide bonds. The fourth-order valence-electron chi connectivity index (χ4n) is 3.69. The molecule has 0 nitrogen and oxygen atoms in total. The molecular weight excluding hydrogens is 144 g/mol. The summed E-state index contributed by atoms with van der Waals surface area (Å²) in [6, 6.07) is 0. The van der Waals surface area contributed by atoms with Gasteiger partial charge in [-0.25, -0.2) is 0 Å². The van der Waals surface area contributed by atoms with E-state index in [9.17, 15) is 0 Å². The van der Waals surface area contributed by atoms with Crippen molar-refractivity contribution in [1.82, 2.24) is 0 Å². The molecule has 3 aliphatic carbocycles. The lowest BCUT2D eigenvalue weighted by Gasteiger charge is -2.45. The molecule has 12 heavy (non-hydrogen) atoms. The molecule has 0 unspecified atom stereocenters. The van der Waals surface area contributed by atoms with Crippen LogP contribution in [-0.2, 0) is 0 Å². The van der Waals surface area contributed by atoms with Crippen LogP contribution in [0.1, 0.15) is 51.9 Å². The van der Waals surface area contributed by atoms with E-state index >= 15 is 0 Å². The molecule has 0 heteroatoms. The molecule has 0 spiro atoms. The van der Waals surface area contributed by atoms with E-state index in [1.165, 1.54) is 44.9 Å². The number of allylic oxidation sites excluding steroid dienone is 2. The molecule has 3 rings (SSSR count). The maximum atomic E-state index is 2.52. The topological polar surface area (TPSA) is 0 Å². The Bertz CT molecular complexity index is 249. The van der Waals surface area contributed by atoms with E-state index in [0.717, 1.165) is 5.92 Å². The fourth-order valence-corrected chi connectivity index (χ4v) is 3.69. The van der Waals surface area contributed by atoms with E-state index < -0.39 is 0 Å². The van der Waals surface area contributed by atoms with Crippen molar-refractivity contribution < 1.29 is 0 Å². The van der Waals surface area contributed by atoms with Crippen molar-refractivity contribution in [2.45, 2.75) is 51.9 Å². The molecule has 0 N–H and O–H groups in total. The molecular formula is C12H18. The van der Waals surface area contributed by atoms with E-state index in [4.69, 9.17) is 0 Å². The number of fused-ring (bicyclic) bond motifs is 2. The van der Waals surface area contributed by atoms with Crippen molar-refractivity contribution in [2.24, 2.45) is 11.3 Å². The summed E-state index contributed by atoms with van der Waals surface area (Å²) in [4.78, 5) is 0. The maximum absolute atomic E-state index is 2.52. The van der Waals surface area contributed by atoms with Crippen LogP contribution >= 0.6 is 0 Å². The molecule has 0 radical (unpaired) electrons. The van der Waals surface area contributed by atoms with Crippen LogP contribution in [0.15, 0.2) is 11.1 Å². The van der Waals surface area contributed by atoms with Crippen LogP contribution < -0.4 is 0 Å². The molecule has 0 aromatic rings. The summed E-state index contributed by atoms with van der Waals surface area (Å²) in [5, 5.41) is 0. The normalized spacial score (nSPS) is 45.2. The smallest absolute Gasteiger partial charge is 0.00823 e. The average Bonchev–Trinajstić information content (AvgIpc) is 2.28. The first-order valence-corrected chi connectivity index (χ1v) is 5.52. The third kappa shape index (κ3) is 0.694. The lowest BCUT2D eigenvalue weighted by Crippen LogP contribution is -2.35. The van der Waals surface area contributed by atoms with Crippen LogP contribution in [0, 0.1) is 11.3 Å². The van der Waals surface area contributed by atoms with Gasteiger partial charge in [0.15, 0.2) is 0 Å². The largest absolute Gasteiger partial charge is 0.0701 e. The molecule has 0 aliphatic heterocycles. The Kier molecular flexibility index (Phi) is 1.29. The fraction of sp³-hybridized carbons (Fsp3) is 0.833. The van der Waals surface area contributed by atoms with Crippen molar-refractivity contribution in [2.75, 3.05) is 0 Å². The second-order valence-corrected chi connectivity index (χ2v) is 5.15. The van der Waals surface area contributed by atoms with E-state index in [2.05, 4.69) is 6.92 Å². The summed E-state index contributed by atoms with van der Waals surface area (Å²) < 4.78 is 0. The van der Waals surface area contributed by atoms with Gasteiger partial charge in [-0.1, -0.05) is 18.1 Å². The summed E-state index contributed by atoms with van der Waals surface area (Å²) in [5.74, 6) is 1.07. The zero-order valence-electron chi connectivity index (χ0n) is 8.03. The van der Waals surface area contributed by atoms with E-state index in [-0.39, 0.29) is 0 Å². The first-order valence-electron chi connectivity index (χ1n) is 5.52. The molecule has 0 aromatic carbocycles. The molecule has 0 aromatic heterocycles. The van der Waals surface area contributed by atoms with Gasteiger partial charge in [-0.2, -0.15) is 0 Å². The Labute approximate surface area is 75.0 Å². The molecule has 0 bridgehead atoms. The summed E-state index contributed by atoms with van der Waals surface area (Å²) in [6.07, 6.45) is 10.3. The summed E-state index contributed by atoms with van der Waals surface area (Å²) >= 11 is 0. The van der Waals surface area contributed by atoms with Gasteiger partial charge in [0.25, 0.3) is 0 Å². The van der Waals surface area contributed by atoms with Crippen molar-refractivity contribution in [3.05, 3.63) is 11.1 Å². The summed E-state index contributed by atoms with van der Waals surface area (Å²) in [5.41, 5.74) is 4.49. The zero-order chi connectivity index (χ0) is 8.18. The standard InChI is InChI=1S/C12H18/c1-12-7-6-10(12)8-9-4-2-3-5-11(9)12/h10H,2-8H2,1H3/t10-,12-/m0/s1. The van der Waals surface area contributed by atoms with Crippen LogP contribution in [0.2, 0.25) is 0 Å². The minimum Gasteiger partial charge on any atom is -0.0701 e. The molecule has 66 valence electrons. The van der Waals surface area contributed by atoms with Crippen molar-refractivity contribution in [1.29, 1.82) is 0 Å². The van der Waals surface area contributed by atoms with Crippen LogP contribution in [0.4, 0.5) is 0 Å². The van der Waals surface area contributed by atoms with Gasteiger partial charge in [0, 0.05) is 0 Å². The Morgan fingerprint density at radius 2 is 2.08 bits per heavy atom. The maximum Gasteiger partial charge on any atom is -0.00823 e. The average molecular weight is 162 g/mol. The van der Waals surface area contributed by atoms with Gasteiger partial charge in [0.1, 0.15) is 0 Å². The van der Waals surface area contributed by atoms with Crippen molar-refractivity contribution >= 4 is 0 Å². The van der Waals surface area contributed by atoms with E-state index in [0.29, 0.717) is 5.41 Å². The highest BCUT2D eigenvalue weighted by Gasteiger charge is 2.50. The lowest BCUT2D eigenvalue weighted by atomic mass is 9.60. The second kappa shape index (κ2) is 2.16. The van der Waals surface area contributed by atoms with Gasteiger partial charge >= 0.3 is 0 Å². The monoisotopic (exact) mass is 162 g/mol. The third-order valence-electron chi connectivity index (χ3n) is 4.68. The third-order valence-corrected chi connectivity index (χ3v) is 4.68. The van der Waals surface area contributed by atoms with Crippen LogP contribution in [0.5, 0.6) is 0 Å². The zero-order valence-corrected chi connectivity index (χ0v) is 8.03. The molecule has 3 aliphatic rings. The Balaban J connectivity index is 1.99. The first kappa shape index (κ1) is 7.17. The minimum absolute atomic E-state index is 0.704. The van der Waals surface area contributed by atoms with Gasteiger partial charge in [-0.3, -0.25) is 0 Å². The number of hydrogen-bond acceptors (Lipinski definition) is 0. The summed E-state index contributed by atoms with van der Waals surface area (Å²) in [6.45, 7) is 2.52. The molecule has 0 saturated heterocycles. The lowest BCUT2D eigenvalue weighted by molar-refractivity contribution is 0.110. The molecule has 0 heterocycles. The summed E-state index contributed by atoms with van der Waals surface area (Å²) in [7, 11) is 0.